The van der Waals surface area contributed by atoms with Crippen LogP contribution in [0, 0.1) is 5.92 Å². The molecule has 0 bridgehead atoms. The van der Waals surface area contributed by atoms with Crippen LogP contribution in [0.4, 0.5) is 0 Å². The molecule has 1 aliphatic heterocycles. The summed E-state index contributed by atoms with van der Waals surface area (Å²) < 4.78 is 32.4. The zero-order valence-electron chi connectivity index (χ0n) is 12.8. The molecule has 2 heterocycles. The number of aliphatic carboxylic acids is 1. The molecule has 128 valence electrons. The maximum atomic E-state index is 13.3. The highest BCUT2D eigenvalue weighted by atomic mass is 32.2. The molecule has 1 saturated heterocycles. The standard InChI is InChI=1S/C15H17N3O5S/c19-15(20)12-8-9-4-1-2-6-11(9)18(12)24(21,22)13-7-3-5-10-14(13)17-23-16-10/h3,5,7,9,11-12H,1-2,4,6,8H2,(H,19,20). The summed E-state index contributed by atoms with van der Waals surface area (Å²) in [4.78, 5) is 11.7. The summed E-state index contributed by atoms with van der Waals surface area (Å²) in [5.74, 6) is -0.998. The summed E-state index contributed by atoms with van der Waals surface area (Å²) in [5.41, 5.74) is 0.475. The fourth-order valence-electron chi connectivity index (χ4n) is 4.08. The molecule has 1 saturated carbocycles. The molecule has 3 unspecified atom stereocenters. The average molecular weight is 351 g/mol. The van der Waals surface area contributed by atoms with Gasteiger partial charge in [-0.1, -0.05) is 18.9 Å². The number of fused-ring (bicyclic) bond motifs is 2. The Bertz CT molecular complexity index is 893. The van der Waals surface area contributed by atoms with Gasteiger partial charge in [0.05, 0.1) is 0 Å². The second-order valence-corrected chi connectivity index (χ2v) is 8.24. The third kappa shape index (κ3) is 2.22. The van der Waals surface area contributed by atoms with Crippen LogP contribution in [0.25, 0.3) is 11.0 Å². The van der Waals surface area contributed by atoms with Gasteiger partial charge in [0.2, 0.25) is 10.0 Å². The van der Waals surface area contributed by atoms with Crippen molar-refractivity contribution in [3.63, 3.8) is 0 Å². The Morgan fingerprint density at radius 3 is 2.83 bits per heavy atom. The summed E-state index contributed by atoms with van der Waals surface area (Å²) in [5, 5.41) is 16.9. The molecule has 0 spiro atoms. The Balaban J connectivity index is 1.84. The number of rotatable bonds is 3. The molecule has 2 aromatic rings. The van der Waals surface area contributed by atoms with Gasteiger partial charge < -0.3 is 5.11 Å². The summed E-state index contributed by atoms with van der Waals surface area (Å²) in [6, 6.07) is 3.30. The lowest BCUT2D eigenvalue weighted by Gasteiger charge is -2.32. The van der Waals surface area contributed by atoms with Crippen LogP contribution in [-0.4, -0.2) is 46.2 Å². The molecule has 0 radical (unpaired) electrons. The number of carboxylic acid groups (broad SMARTS) is 1. The molecule has 9 heteroatoms. The Hall–Kier alpha value is -2.00. The molecule has 1 aromatic heterocycles. The summed E-state index contributed by atoms with van der Waals surface area (Å²) in [6.45, 7) is 0. The number of sulfonamides is 1. The lowest BCUT2D eigenvalue weighted by atomic mass is 9.85. The average Bonchev–Trinajstić information content (AvgIpc) is 3.18. The van der Waals surface area contributed by atoms with Crippen LogP contribution in [0.15, 0.2) is 27.7 Å². The van der Waals surface area contributed by atoms with E-state index in [4.69, 9.17) is 0 Å². The Morgan fingerprint density at radius 1 is 1.25 bits per heavy atom. The van der Waals surface area contributed by atoms with Crippen molar-refractivity contribution in [1.29, 1.82) is 0 Å². The number of nitrogens with zero attached hydrogens (tertiary/aromatic N) is 3. The van der Waals surface area contributed by atoms with Crippen molar-refractivity contribution in [2.45, 2.75) is 49.1 Å². The number of carbonyl (C=O) groups is 1. The van der Waals surface area contributed by atoms with E-state index < -0.39 is 22.0 Å². The number of carboxylic acids is 1. The lowest BCUT2D eigenvalue weighted by Crippen LogP contribution is -2.46. The van der Waals surface area contributed by atoms with Gasteiger partial charge in [0.25, 0.3) is 0 Å². The number of hydrogen-bond acceptors (Lipinski definition) is 6. The highest BCUT2D eigenvalue weighted by Gasteiger charge is 2.51. The van der Waals surface area contributed by atoms with E-state index in [9.17, 15) is 18.3 Å². The molecular formula is C15H17N3O5S. The van der Waals surface area contributed by atoms with E-state index in [-0.39, 0.29) is 22.4 Å². The fourth-order valence-corrected chi connectivity index (χ4v) is 6.09. The first-order valence-corrected chi connectivity index (χ1v) is 9.42. The van der Waals surface area contributed by atoms with E-state index in [0.717, 1.165) is 19.3 Å². The van der Waals surface area contributed by atoms with Gasteiger partial charge >= 0.3 is 5.97 Å². The largest absolute Gasteiger partial charge is 0.480 e. The minimum atomic E-state index is -4.01. The Labute approximate surface area is 138 Å². The molecule has 8 nitrogen and oxygen atoms in total. The number of aromatic nitrogens is 2. The highest BCUT2D eigenvalue weighted by molar-refractivity contribution is 7.89. The lowest BCUT2D eigenvalue weighted by molar-refractivity contribution is -0.141. The van der Waals surface area contributed by atoms with Crippen molar-refractivity contribution in [3.8, 4) is 0 Å². The predicted molar refractivity (Wildman–Crippen MR) is 82.6 cm³/mol. The smallest absolute Gasteiger partial charge is 0.322 e. The zero-order valence-corrected chi connectivity index (χ0v) is 13.6. The van der Waals surface area contributed by atoms with Gasteiger partial charge in [-0.15, -0.1) is 0 Å². The van der Waals surface area contributed by atoms with Gasteiger partial charge in [0.1, 0.15) is 16.5 Å². The van der Waals surface area contributed by atoms with Crippen LogP contribution in [0.3, 0.4) is 0 Å². The van der Waals surface area contributed by atoms with Crippen LogP contribution in [0.2, 0.25) is 0 Å². The monoisotopic (exact) mass is 351 g/mol. The normalized spacial score (nSPS) is 28.1. The summed E-state index contributed by atoms with van der Waals surface area (Å²) >= 11 is 0. The van der Waals surface area contributed by atoms with Crippen LogP contribution in [0.5, 0.6) is 0 Å². The topological polar surface area (TPSA) is 114 Å². The molecule has 3 atom stereocenters. The van der Waals surface area contributed by atoms with Gasteiger partial charge in [-0.05, 0) is 47.6 Å². The van der Waals surface area contributed by atoms with Gasteiger partial charge in [0.15, 0.2) is 5.52 Å². The maximum absolute atomic E-state index is 13.3. The third-order valence-corrected chi connectivity index (χ3v) is 7.08. The molecule has 1 N–H and O–H groups in total. The van der Waals surface area contributed by atoms with Crippen molar-refractivity contribution in [2.75, 3.05) is 0 Å². The molecule has 1 aromatic carbocycles. The van der Waals surface area contributed by atoms with Crippen LogP contribution in [0.1, 0.15) is 32.1 Å². The van der Waals surface area contributed by atoms with E-state index in [1.807, 2.05) is 0 Å². The summed E-state index contributed by atoms with van der Waals surface area (Å²) in [7, 11) is -4.01. The fraction of sp³-hybridized carbons (Fsp3) is 0.533. The highest BCUT2D eigenvalue weighted by Crippen LogP contribution is 2.43. The van der Waals surface area contributed by atoms with Crippen LogP contribution < -0.4 is 0 Å². The minimum Gasteiger partial charge on any atom is -0.480 e. The first-order valence-electron chi connectivity index (χ1n) is 7.98. The van der Waals surface area contributed by atoms with Gasteiger partial charge in [-0.3, -0.25) is 4.79 Å². The first kappa shape index (κ1) is 15.5. The number of hydrogen-bond donors (Lipinski definition) is 1. The quantitative estimate of drug-likeness (QED) is 0.894. The Morgan fingerprint density at radius 2 is 2.04 bits per heavy atom. The van der Waals surface area contributed by atoms with Gasteiger partial charge in [-0.25, -0.2) is 13.0 Å². The second kappa shape index (κ2) is 5.52. The molecule has 24 heavy (non-hydrogen) atoms. The predicted octanol–water partition coefficient (Wildman–Crippen LogP) is 1.63. The Kier molecular flexibility index (Phi) is 3.57. The second-order valence-electron chi connectivity index (χ2n) is 6.42. The van der Waals surface area contributed by atoms with E-state index in [0.29, 0.717) is 18.4 Å². The SMILES string of the molecule is O=C(O)C1CC2CCCCC2N1S(=O)(=O)c1cccc2nonc12. The van der Waals surface area contributed by atoms with Crippen LogP contribution in [-0.2, 0) is 14.8 Å². The molecular weight excluding hydrogens is 334 g/mol. The molecule has 4 rings (SSSR count). The van der Waals surface area contributed by atoms with Crippen molar-refractivity contribution in [1.82, 2.24) is 14.6 Å². The van der Waals surface area contributed by atoms with Crippen molar-refractivity contribution in [2.24, 2.45) is 5.92 Å². The van der Waals surface area contributed by atoms with E-state index in [1.54, 1.807) is 12.1 Å². The zero-order chi connectivity index (χ0) is 16.9. The van der Waals surface area contributed by atoms with Gasteiger partial charge in [0, 0.05) is 6.04 Å². The molecule has 0 amide bonds. The van der Waals surface area contributed by atoms with E-state index >= 15 is 0 Å². The van der Waals surface area contributed by atoms with E-state index in [1.165, 1.54) is 10.4 Å². The molecule has 2 aliphatic rings. The van der Waals surface area contributed by atoms with E-state index in [2.05, 4.69) is 14.9 Å². The first-order chi connectivity index (χ1) is 11.5. The maximum Gasteiger partial charge on any atom is 0.322 e. The van der Waals surface area contributed by atoms with Crippen molar-refractivity contribution in [3.05, 3.63) is 18.2 Å². The molecule has 1 aliphatic carbocycles. The number of benzene rings is 1. The van der Waals surface area contributed by atoms with Crippen molar-refractivity contribution < 1.29 is 22.9 Å². The van der Waals surface area contributed by atoms with Crippen molar-refractivity contribution >= 4 is 27.0 Å². The third-order valence-electron chi connectivity index (χ3n) is 5.12. The van der Waals surface area contributed by atoms with Crippen LogP contribution >= 0.6 is 0 Å². The minimum absolute atomic E-state index is 0.0428. The molecule has 2 fully saturated rings. The summed E-state index contributed by atoms with van der Waals surface area (Å²) in [6.07, 6.45) is 3.86. The van der Waals surface area contributed by atoms with Gasteiger partial charge in [-0.2, -0.15) is 4.31 Å².